The monoisotopic (exact) mass is 396 g/mol. The number of hydrogen-bond donors (Lipinski definition) is 1. The summed E-state index contributed by atoms with van der Waals surface area (Å²) in [5.74, 6) is -1.05. The Hall–Kier alpha value is -3.19. The van der Waals surface area contributed by atoms with Crippen molar-refractivity contribution in [3.8, 4) is 5.75 Å². The Morgan fingerprint density at radius 1 is 1.21 bits per heavy atom. The Morgan fingerprint density at radius 3 is 2.72 bits per heavy atom. The molecule has 1 fully saturated rings. The number of rotatable bonds is 8. The first-order chi connectivity index (χ1) is 14.1. The summed E-state index contributed by atoms with van der Waals surface area (Å²) >= 11 is 0. The normalized spacial score (nSPS) is 18.3. The highest BCUT2D eigenvalue weighted by molar-refractivity contribution is 6.46. The van der Waals surface area contributed by atoms with Gasteiger partial charge in [0.2, 0.25) is 0 Å². The molecule has 1 saturated heterocycles. The second-order valence-corrected chi connectivity index (χ2v) is 6.55. The highest BCUT2D eigenvalue weighted by Crippen LogP contribution is 2.38. The molecule has 1 aromatic carbocycles. The Morgan fingerprint density at radius 2 is 2.03 bits per heavy atom. The molecule has 1 unspecified atom stereocenters. The average molecular weight is 396 g/mol. The zero-order valence-corrected chi connectivity index (χ0v) is 16.5. The van der Waals surface area contributed by atoms with Gasteiger partial charge in [-0.1, -0.05) is 18.2 Å². The number of ketones is 1. The first-order valence-electron chi connectivity index (χ1n) is 9.50. The summed E-state index contributed by atoms with van der Waals surface area (Å²) in [6.45, 7) is 3.10. The molecule has 2 aromatic rings. The van der Waals surface area contributed by atoms with E-state index in [1.165, 1.54) is 4.90 Å². The number of Topliss-reactive ketones (excluding diaryl/α,β-unsaturated/α-hetero) is 1. The topological polar surface area (TPSA) is 89.0 Å². The molecule has 152 valence electrons. The van der Waals surface area contributed by atoms with Gasteiger partial charge in [0, 0.05) is 32.0 Å². The predicted molar refractivity (Wildman–Crippen MR) is 107 cm³/mol. The zero-order chi connectivity index (χ0) is 20.8. The quantitative estimate of drug-likeness (QED) is 0.319. The summed E-state index contributed by atoms with van der Waals surface area (Å²) in [6, 6.07) is 11.3. The van der Waals surface area contributed by atoms with Gasteiger partial charge in [-0.05, 0) is 37.6 Å². The maximum absolute atomic E-state index is 12.9. The van der Waals surface area contributed by atoms with Crippen molar-refractivity contribution in [2.45, 2.75) is 19.4 Å². The van der Waals surface area contributed by atoms with Gasteiger partial charge >= 0.3 is 0 Å². The van der Waals surface area contributed by atoms with Crippen LogP contribution in [0.15, 0.2) is 54.2 Å². The minimum absolute atomic E-state index is 0.0276. The largest absolute Gasteiger partial charge is 0.507 e. The number of aromatic nitrogens is 1. The number of aliphatic hydroxyl groups is 1. The molecular formula is C22H24N2O5. The van der Waals surface area contributed by atoms with Crippen LogP contribution in [0.4, 0.5) is 0 Å². The van der Waals surface area contributed by atoms with Gasteiger partial charge in [0.15, 0.2) is 0 Å². The lowest BCUT2D eigenvalue weighted by atomic mass is 9.98. The van der Waals surface area contributed by atoms with E-state index in [2.05, 4.69) is 4.98 Å². The van der Waals surface area contributed by atoms with Crippen LogP contribution in [-0.4, -0.2) is 53.5 Å². The fraction of sp³-hybridized carbons (Fsp3) is 0.318. The molecule has 0 aliphatic carbocycles. The molecule has 1 aliphatic rings. The third-order valence-corrected chi connectivity index (χ3v) is 4.67. The van der Waals surface area contributed by atoms with Gasteiger partial charge in [0.25, 0.3) is 11.7 Å². The number of ether oxygens (including phenoxy) is 2. The fourth-order valence-corrected chi connectivity index (χ4v) is 3.39. The Labute approximate surface area is 169 Å². The second-order valence-electron chi connectivity index (χ2n) is 6.55. The van der Waals surface area contributed by atoms with Crippen molar-refractivity contribution in [1.82, 2.24) is 9.88 Å². The maximum Gasteiger partial charge on any atom is 0.295 e. The van der Waals surface area contributed by atoms with E-state index in [0.717, 1.165) is 0 Å². The third-order valence-electron chi connectivity index (χ3n) is 4.67. The maximum atomic E-state index is 12.9. The summed E-state index contributed by atoms with van der Waals surface area (Å²) in [5.41, 5.74) is 0.957. The fourth-order valence-electron chi connectivity index (χ4n) is 3.39. The number of pyridine rings is 1. The first-order valence-corrected chi connectivity index (χ1v) is 9.50. The lowest BCUT2D eigenvalue weighted by molar-refractivity contribution is -0.140. The number of likely N-dealkylation sites (tertiary alicyclic amines) is 1. The molecule has 7 nitrogen and oxygen atoms in total. The Bertz CT molecular complexity index is 910. The van der Waals surface area contributed by atoms with Crippen LogP contribution in [0.2, 0.25) is 0 Å². The van der Waals surface area contributed by atoms with Crippen molar-refractivity contribution in [2.24, 2.45) is 0 Å². The summed E-state index contributed by atoms with van der Waals surface area (Å²) in [7, 11) is 1.58. The van der Waals surface area contributed by atoms with Crippen molar-refractivity contribution in [1.29, 1.82) is 0 Å². The molecular weight excluding hydrogens is 372 g/mol. The molecule has 1 atom stereocenters. The van der Waals surface area contributed by atoms with Gasteiger partial charge in [-0.15, -0.1) is 0 Å². The number of benzene rings is 1. The molecule has 0 bridgehead atoms. The van der Waals surface area contributed by atoms with E-state index < -0.39 is 17.7 Å². The standard InChI is InChI=1S/C22H24N2O5/c1-3-29-16-9-6-8-15(14-16)20(25)18-19(17-10-4-5-11-23-17)24(12-7-13-28-2)22(27)21(18)26/h4-6,8-11,14,19,25H,3,7,12-13H2,1-2H3/b20-18-. The minimum Gasteiger partial charge on any atom is -0.507 e. The molecule has 7 heteroatoms. The zero-order valence-electron chi connectivity index (χ0n) is 16.5. The number of carbonyl (C=O) groups excluding carboxylic acids is 2. The number of nitrogens with zero attached hydrogens (tertiary/aromatic N) is 2. The van der Waals surface area contributed by atoms with E-state index in [1.807, 2.05) is 6.92 Å². The van der Waals surface area contributed by atoms with Gasteiger partial charge in [-0.25, -0.2) is 0 Å². The molecule has 1 aromatic heterocycles. The Balaban J connectivity index is 2.08. The van der Waals surface area contributed by atoms with Gasteiger partial charge in [-0.3, -0.25) is 14.6 Å². The van der Waals surface area contributed by atoms with Crippen molar-refractivity contribution < 1.29 is 24.2 Å². The van der Waals surface area contributed by atoms with Crippen LogP contribution in [-0.2, 0) is 14.3 Å². The lowest BCUT2D eigenvalue weighted by Crippen LogP contribution is -2.31. The molecule has 0 radical (unpaired) electrons. The SMILES string of the molecule is CCOc1cccc(/C(O)=C2/C(=O)C(=O)N(CCCOC)C2c2ccccn2)c1. The highest BCUT2D eigenvalue weighted by Gasteiger charge is 2.46. The average Bonchev–Trinajstić information content (AvgIpc) is 2.99. The summed E-state index contributed by atoms with van der Waals surface area (Å²) < 4.78 is 10.6. The van der Waals surface area contributed by atoms with E-state index in [0.29, 0.717) is 43.2 Å². The third kappa shape index (κ3) is 4.30. The number of hydrogen-bond acceptors (Lipinski definition) is 6. The molecule has 1 aliphatic heterocycles. The van der Waals surface area contributed by atoms with E-state index in [-0.39, 0.29) is 11.3 Å². The van der Waals surface area contributed by atoms with Gasteiger partial charge in [0.05, 0.1) is 17.9 Å². The van der Waals surface area contributed by atoms with Gasteiger partial charge in [-0.2, -0.15) is 0 Å². The van der Waals surface area contributed by atoms with Crippen LogP contribution in [0.3, 0.4) is 0 Å². The summed E-state index contributed by atoms with van der Waals surface area (Å²) in [6.07, 6.45) is 2.16. The molecule has 0 spiro atoms. The van der Waals surface area contributed by atoms with Crippen LogP contribution in [0.5, 0.6) is 5.75 Å². The van der Waals surface area contributed by atoms with Gasteiger partial charge in [0.1, 0.15) is 17.6 Å². The van der Waals surface area contributed by atoms with Gasteiger partial charge < -0.3 is 19.5 Å². The minimum atomic E-state index is -0.760. The van der Waals surface area contributed by atoms with Crippen LogP contribution in [0.1, 0.15) is 30.6 Å². The smallest absolute Gasteiger partial charge is 0.295 e. The molecule has 2 heterocycles. The lowest BCUT2D eigenvalue weighted by Gasteiger charge is -2.24. The number of amides is 1. The van der Waals surface area contributed by atoms with Crippen molar-refractivity contribution in [3.05, 3.63) is 65.5 Å². The number of methoxy groups -OCH3 is 1. The van der Waals surface area contributed by atoms with E-state index in [4.69, 9.17) is 9.47 Å². The molecule has 29 heavy (non-hydrogen) atoms. The summed E-state index contributed by atoms with van der Waals surface area (Å²) in [4.78, 5) is 31.4. The first kappa shape index (κ1) is 20.5. The Kier molecular flexibility index (Phi) is 6.61. The molecule has 1 amide bonds. The van der Waals surface area contributed by atoms with Crippen molar-refractivity contribution >= 4 is 17.4 Å². The molecule has 3 rings (SSSR count). The number of carbonyl (C=O) groups is 2. The van der Waals surface area contributed by atoms with E-state index >= 15 is 0 Å². The van der Waals surface area contributed by atoms with Crippen LogP contribution < -0.4 is 4.74 Å². The molecule has 1 N–H and O–H groups in total. The van der Waals surface area contributed by atoms with Crippen LogP contribution in [0, 0.1) is 0 Å². The second kappa shape index (κ2) is 9.34. The van der Waals surface area contributed by atoms with Crippen LogP contribution in [0.25, 0.3) is 5.76 Å². The number of aliphatic hydroxyl groups excluding tert-OH is 1. The van der Waals surface area contributed by atoms with Crippen LogP contribution >= 0.6 is 0 Å². The van der Waals surface area contributed by atoms with E-state index in [9.17, 15) is 14.7 Å². The van der Waals surface area contributed by atoms with Crippen molar-refractivity contribution in [2.75, 3.05) is 26.9 Å². The van der Waals surface area contributed by atoms with Crippen molar-refractivity contribution in [3.63, 3.8) is 0 Å². The molecule has 0 saturated carbocycles. The predicted octanol–water partition coefficient (Wildman–Crippen LogP) is 2.94. The van der Waals surface area contributed by atoms with E-state index in [1.54, 1.807) is 55.8 Å². The summed E-state index contributed by atoms with van der Waals surface area (Å²) in [5, 5.41) is 11.0. The highest BCUT2D eigenvalue weighted by atomic mass is 16.5.